The molecule has 0 bridgehead atoms. The average molecular weight is 380 g/mol. The third kappa shape index (κ3) is 16.9. The van der Waals surface area contributed by atoms with Gasteiger partial charge in [-0.15, -0.1) is 0 Å². The molecule has 3 N–H and O–H groups in total. The fraction of sp³-hybridized carbons (Fsp3) is 0.792. The van der Waals surface area contributed by atoms with E-state index >= 15 is 0 Å². The zero-order valence-electron chi connectivity index (χ0n) is 18.2. The summed E-state index contributed by atoms with van der Waals surface area (Å²) in [4.78, 5) is 12.0. The Morgan fingerprint density at radius 3 is 2.04 bits per heavy atom. The fourth-order valence-electron chi connectivity index (χ4n) is 3.17. The normalized spacial score (nSPS) is 14.4. The highest BCUT2D eigenvalue weighted by Crippen LogP contribution is 2.12. The highest BCUT2D eigenvalue weighted by molar-refractivity contribution is 5.83. The summed E-state index contributed by atoms with van der Waals surface area (Å²) in [6.45, 7) is 6.34. The Kier molecular flexibility index (Phi) is 17.8. The number of rotatable bonds is 18. The molecule has 0 aliphatic rings. The van der Waals surface area contributed by atoms with Crippen LogP contribution in [0.5, 0.6) is 0 Å². The van der Waals surface area contributed by atoms with E-state index in [1.165, 1.54) is 38.5 Å². The summed E-state index contributed by atoms with van der Waals surface area (Å²) in [5.74, 6) is 0.312. The van der Waals surface area contributed by atoms with Crippen LogP contribution < -0.4 is 5.73 Å². The van der Waals surface area contributed by atoms with E-state index in [1.807, 2.05) is 0 Å². The molecule has 1 unspecified atom stereocenters. The first-order chi connectivity index (χ1) is 13.0. The van der Waals surface area contributed by atoms with Gasteiger partial charge in [0.2, 0.25) is 0 Å². The van der Waals surface area contributed by atoms with E-state index in [-0.39, 0.29) is 5.78 Å². The Balaban J connectivity index is 3.51. The number of allylic oxidation sites excluding steroid dienone is 4. The molecule has 2 atom stereocenters. The standard InChI is InChI=1S/C24H45NO2/c1-4-5-6-7-8-9-10-11-12-13-14-15-16-17-18-19-23(26)24(27)22(25)20-21(2)3/h8-9,11-12,21-22,24,27H,4-7,10,13-20,25H2,1-3H3/t22-,24?/m0/s1. The van der Waals surface area contributed by atoms with E-state index in [4.69, 9.17) is 5.73 Å². The molecule has 0 radical (unpaired) electrons. The molecule has 0 aliphatic heterocycles. The van der Waals surface area contributed by atoms with E-state index < -0.39 is 12.1 Å². The van der Waals surface area contributed by atoms with Crippen LogP contribution in [-0.2, 0) is 4.79 Å². The Hall–Kier alpha value is -0.930. The second-order valence-corrected chi connectivity index (χ2v) is 8.19. The summed E-state index contributed by atoms with van der Waals surface area (Å²) in [5, 5.41) is 9.96. The first-order valence-electron chi connectivity index (χ1n) is 11.2. The lowest BCUT2D eigenvalue weighted by molar-refractivity contribution is -0.128. The molecule has 0 spiro atoms. The number of aliphatic hydroxyl groups excluding tert-OH is 1. The minimum Gasteiger partial charge on any atom is -0.384 e. The zero-order chi connectivity index (χ0) is 20.3. The molecule has 0 saturated heterocycles. The number of ketones is 1. The monoisotopic (exact) mass is 379 g/mol. The van der Waals surface area contributed by atoms with Gasteiger partial charge in [0.1, 0.15) is 6.10 Å². The van der Waals surface area contributed by atoms with E-state index in [0.717, 1.165) is 32.1 Å². The number of carbonyl (C=O) groups excluding carboxylic acids is 1. The molecule has 0 amide bonds. The van der Waals surface area contributed by atoms with Crippen LogP contribution in [0.1, 0.15) is 104 Å². The van der Waals surface area contributed by atoms with Crippen LogP contribution in [0, 0.1) is 5.92 Å². The number of Topliss-reactive ketones (excluding diaryl/α,β-unsaturated/α-hetero) is 1. The van der Waals surface area contributed by atoms with Gasteiger partial charge in [0.15, 0.2) is 5.78 Å². The predicted molar refractivity (Wildman–Crippen MR) is 118 cm³/mol. The first-order valence-corrected chi connectivity index (χ1v) is 11.2. The van der Waals surface area contributed by atoms with Gasteiger partial charge >= 0.3 is 0 Å². The SMILES string of the molecule is CCCCCC=CCC=CCCCCCCCC(=O)C(O)[C@@H](N)CC(C)C. The molecular formula is C24H45NO2. The van der Waals surface area contributed by atoms with E-state index in [2.05, 4.69) is 45.1 Å². The van der Waals surface area contributed by atoms with Crippen LogP contribution in [0.15, 0.2) is 24.3 Å². The zero-order valence-corrected chi connectivity index (χ0v) is 18.2. The van der Waals surface area contributed by atoms with Crippen LogP contribution >= 0.6 is 0 Å². The number of carbonyl (C=O) groups is 1. The smallest absolute Gasteiger partial charge is 0.162 e. The molecule has 0 heterocycles. The van der Waals surface area contributed by atoms with Crippen LogP contribution in [-0.4, -0.2) is 23.0 Å². The Labute approximate surface area is 168 Å². The van der Waals surface area contributed by atoms with Gasteiger partial charge in [0.25, 0.3) is 0 Å². The maximum Gasteiger partial charge on any atom is 0.162 e. The van der Waals surface area contributed by atoms with Crippen molar-refractivity contribution in [2.24, 2.45) is 11.7 Å². The summed E-state index contributed by atoms with van der Waals surface area (Å²) >= 11 is 0. The third-order valence-electron chi connectivity index (χ3n) is 4.85. The van der Waals surface area contributed by atoms with Crippen molar-refractivity contribution in [1.29, 1.82) is 0 Å². The van der Waals surface area contributed by atoms with Gasteiger partial charge in [0, 0.05) is 12.5 Å². The Bertz CT molecular complexity index is 401. The minimum absolute atomic E-state index is 0.0890. The molecule has 3 nitrogen and oxygen atoms in total. The Morgan fingerprint density at radius 2 is 1.44 bits per heavy atom. The number of hydrogen-bond donors (Lipinski definition) is 2. The van der Waals surface area contributed by atoms with E-state index in [1.54, 1.807) is 0 Å². The maximum absolute atomic E-state index is 12.0. The average Bonchev–Trinajstić information content (AvgIpc) is 2.63. The van der Waals surface area contributed by atoms with Crippen molar-refractivity contribution in [1.82, 2.24) is 0 Å². The van der Waals surface area contributed by atoms with Gasteiger partial charge in [-0.2, -0.15) is 0 Å². The minimum atomic E-state index is -0.988. The molecule has 0 saturated carbocycles. The molecular weight excluding hydrogens is 334 g/mol. The third-order valence-corrected chi connectivity index (χ3v) is 4.85. The molecule has 0 fully saturated rings. The molecule has 0 aromatic heterocycles. The van der Waals surface area contributed by atoms with Crippen LogP contribution in [0.25, 0.3) is 0 Å². The van der Waals surface area contributed by atoms with Gasteiger partial charge < -0.3 is 10.8 Å². The lowest BCUT2D eigenvalue weighted by atomic mass is 9.95. The largest absolute Gasteiger partial charge is 0.384 e. The van der Waals surface area contributed by atoms with Crippen LogP contribution in [0.4, 0.5) is 0 Å². The van der Waals surface area contributed by atoms with Crippen LogP contribution in [0.3, 0.4) is 0 Å². The summed E-state index contributed by atoms with van der Waals surface area (Å²) in [6, 6.07) is -0.421. The van der Waals surface area contributed by atoms with Gasteiger partial charge in [-0.25, -0.2) is 0 Å². The molecule has 0 aromatic carbocycles. The maximum atomic E-state index is 12.0. The second-order valence-electron chi connectivity index (χ2n) is 8.19. The van der Waals surface area contributed by atoms with Crippen molar-refractivity contribution >= 4 is 5.78 Å². The summed E-state index contributed by atoms with van der Waals surface area (Å²) in [5.41, 5.74) is 5.89. The molecule has 27 heavy (non-hydrogen) atoms. The second kappa shape index (κ2) is 18.4. The van der Waals surface area contributed by atoms with Crippen molar-refractivity contribution in [3.8, 4) is 0 Å². The van der Waals surface area contributed by atoms with Gasteiger partial charge in [-0.3, -0.25) is 4.79 Å². The number of nitrogens with two attached hydrogens (primary N) is 1. The van der Waals surface area contributed by atoms with Gasteiger partial charge in [0.05, 0.1) is 0 Å². The molecule has 158 valence electrons. The fourth-order valence-corrected chi connectivity index (χ4v) is 3.17. The summed E-state index contributed by atoms with van der Waals surface area (Å²) < 4.78 is 0. The number of aliphatic hydroxyl groups is 1. The highest BCUT2D eigenvalue weighted by atomic mass is 16.3. The first kappa shape index (κ1) is 26.1. The topological polar surface area (TPSA) is 63.3 Å². The van der Waals surface area contributed by atoms with Crippen molar-refractivity contribution < 1.29 is 9.90 Å². The predicted octanol–water partition coefficient (Wildman–Crippen LogP) is 6.10. The van der Waals surface area contributed by atoms with Crippen molar-refractivity contribution in [2.75, 3.05) is 0 Å². The Morgan fingerprint density at radius 1 is 0.889 bits per heavy atom. The van der Waals surface area contributed by atoms with Crippen molar-refractivity contribution in [2.45, 2.75) is 116 Å². The summed E-state index contributed by atoms with van der Waals surface area (Å²) in [6.07, 6.45) is 22.1. The lowest BCUT2D eigenvalue weighted by Crippen LogP contribution is -2.41. The van der Waals surface area contributed by atoms with E-state index in [0.29, 0.717) is 18.8 Å². The molecule has 0 aliphatic carbocycles. The van der Waals surface area contributed by atoms with Crippen molar-refractivity contribution in [3.05, 3.63) is 24.3 Å². The number of hydrogen-bond acceptors (Lipinski definition) is 3. The van der Waals surface area contributed by atoms with Crippen molar-refractivity contribution in [3.63, 3.8) is 0 Å². The van der Waals surface area contributed by atoms with Crippen LogP contribution in [0.2, 0.25) is 0 Å². The summed E-state index contributed by atoms with van der Waals surface area (Å²) in [7, 11) is 0. The highest BCUT2D eigenvalue weighted by Gasteiger charge is 2.22. The molecule has 3 heteroatoms. The number of unbranched alkanes of at least 4 members (excludes halogenated alkanes) is 8. The molecule has 0 rings (SSSR count). The van der Waals surface area contributed by atoms with E-state index in [9.17, 15) is 9.90 Å². The quantitative estimate of drug-likeness (QED) is 0.223. The van der Waals surface area contributed by atoms with Gasteiger partial charge in [-0.1, -0.05) is 77.2 Å². The lowest BCUT2D eigenvalue weighted by Gasteiger charge is -2.19. The van der Waals surface area contributed by atoms with Gasteiger partial charge in [-0.05, 0) is 50.9 Å². The molecule has 0 aromatic rings.